The van der Waals surface area contributed by atoms with E-state index >= 15 is 0 Å². The van der Waals surface area contributed by atoms with E-state index < -0.39 is 0 Å². The molecule has 1 aromatic heterocycles. The van der Waals surface area contributed by atoms with Gasteiger partial charge in [0.2, 0.25) is 5.88 Å². The third-order valence-electron chi connectivity index (χ3n) is 2.67. The van der Waals surface area contributed by atoms with Gasteiger partial charge >= 0.3 is 0 Å². The standard InChI is InChI=1S/C14H25N3O/c1-10(2)6-12(15-5)7-13-8-14(17-9-16-13)18-11(3)4/h8-12,15H,6-7H2,1-5H3. The van der Waals surface area contributed by atoms with Gasteiger partial charge in [-0.25, -0.2) is 9.97 Å². The molecule has 0 bridgehead atoms. The maximum absolute atomic E-state index is 5.58. The van der Waals surface area contributed by atoms with Crippen molar-refractivity contribution in [1.82, 2.24) is 15.3 Å². The lowest BCUT2D eigenvalue weighted by Crippen LogP contribution is -2.29. The minimum atomic E-state index is 0.142. The van der Waals surface area contributed by atoms with Gasteiger partial charge < -0.3 is 10.1 Å². The van der Waals surface area contributed by atoms with Crippen molar-refractivity contribution in [2.75, 3.05) is 7.05 Å². The summed E-state index contributed by atoms with van der Waals surface area (Å²) < 4.78 is 5.58. The molecule has 1 rings (SSSR count). The van der Waals surface area contributed by atoms with Crippen LogP contribution >= 0.6 is 0 Å². The quantitative estimate of drug-likeness (QED) is 0.808. The highest BCUT2D eigenvalue weighted by molar-refractivity contribution is 5.14. The Hall–Kier alpha value is -1.16. The molecule has 0 aliphatic carbocycles. The minimum Gasteiger partial charge on any atom is -0.475 e. The van der Waals surface area contributed by atoms with Crippen LogP contribution in [0.25, 0.3) is 0 Å². The van der Waals surface area contributed by atoms with Crippen molar-refractivity contribution >= 4 is 0 Å². The van der Waals surface area contributed by atoms with Gasteiger partial charge in [0.25, 0.3) is 0 Å². The van der Waals surface area contributed by atoms with Crippen molar-refractivity contribution in [3.63, 3.8) is 0 Å². The first-order valence-electron chi connectivity index (χ1n) is 6.66. The summed E-state index contributed by atoms with van der Waals surface area (Å²) in [5, 5.41) is 3.34. The number of hydrogen-bond acceptors (Lipinski definition) is 4. The van der Waals surface area contributed by atoms with Gasteiger partial charge in [0, 0.05) is 24.2 Å². The summed E-state index contributed by atoms with van der Waals surface area (Å²) in [6.07, 6.45) is 3.77. The Balaban J connectivity index is 2.65. The summed E-state index contributed by atoms with van der Waals surface area (Å²) in [7, 11) is 2.00. The SMILES string of the molecule is CNC(Cc1cc(OC(C)C)ncn1)CC(C)C. The number of likely N-dealkylation sites (N-methyl/N-ethyl adjacent to an activating group) is 1. The predicted octanol–water partition coefficient (Wildman–Crippen LogP) is 2.44. The van der Waals surface area contributed by atoms with Gasteiger partial charge in [-0.05, 0) is 33.2 Å². The van der Waals surface area contributed by atoms with Gasteiger partial charge in [0.1, 0.15) is 6.33 Å². The molecule has 1 unspecified atom stereocenters. The zero-order valence-electron chi connectivity index (χ0n) is 12.1. The first-order chi connectivity index (χ1) is 8.51. The van der Waals surface area contributed by atoms with Gasteiger partial charge in [-0.1, -0.05) is 13.8 Å². The molecular weight excluding hydrogens is 226 g/mol. The van der Waals surface area contributed by atoms with Crippen LogP contribution in [-0.4, -0.2) is 29.2 Å². The number of ether oxygens (including phenoxy) is 1. The van der Waals surface area contributed by atoms with Crippen LogP contribution in [0.4, 0.5) is 0 Å². The van der Waals surface area contributed by atoms with E-state index in [0.717, 1.165) is 18.5 Å². The molecular formula is C14H25N3O. The molecule has 18 heavy (non-hydrogen) atoms. The molecule has 1 atom stereocenters. The molecule has 102 valence electrons. The van der Waals surface area contributed by atoms with E-state index in [1.807, 2.05) is 27.0 Å². The van der Waals surface area contributed by atoms with E-state index in [9.17, 15) is 0 Å². The third-order valence-corrected chi connectivity index (χ3v) is 2.67. The lowest BCUT2D eigenvalue weighted by Gasteiger charge is -2.18. The highest BCUT2D eigenvalue weighted by atomic mass is 16.5. The van der Waals surface area contributed by atoms with Crippen LogP contribution in [-0.2, 0) is 6.42 Å². The van der Waals surface area contributed by atoms with Crippen molar-refractivity contribution < 1.29 is 4.74 Å². The summed E-state index contributed by atoms with van der Waals surface area (Å²) in [5.74, 6) is 1.34. The number of nitrogens with zero attached hydrogens (tertiary/aromatic N) is 2. The fourth-order valence-electron chi connectivity index (χ4n) is 1.92. The molecule has 1 N–H and O–H groups in total. The van der Waals surface area contributed by atoms with Crippen LogP contribution in [0.2, 0.25) is 0 Å². The fraction of sp³-hybridized carbons (Fsp3) is 0.714. The predicted molar refractivity (Wildman–Crippen MR) is 73.8 cm³/mol. The van der Waals surface area contributed by atoms with Crippen LogP contribution in [0.5, 0.6) is 5.88 Å². The number of rotatable bonds is 7. The molecule has 0 fully saturated rings. The van der Waals surface area contributed by atoms with Crippen LogP contribution in [0, 0.1) is 5.92 Å². The number of aromatic nitrogens is 2. The molecule has 0 spiro atoms. The van der Waals surface area contributed by atoms with E-state index in [1.54, 1.807) is 6.33 Å². The molecule has 0 saturated carbocycles. The highest BCUT2D eigenvalue weighted by Gasteiger charge is 2.11. The van der Waals surface area contributed by atoms with Crippen molar-refractivity contribution in [1.29, 1.82) is 0 Å². The fourth-order valence-corrected chi connectivity index (χ4v) is 1.92. The molecule has 0 aromatic carbocycles. The molecule has 1 heterocycles. The minimum absolute atomic E-state index is 0.142. The Morgan fingerprint density at radius 2 is 1.94 bits per heavy atom. The highest BCUT2D eigenvalue weighted by Crippen LogP contribution is 2.13. The zero-order valence-corrected chi connectivity index (χ0v) is 12.1. The second-order valence-electron chi connectivity index (χ2n) is 5.33. The molecule has 0 aliphatic heterocycles. The lowest BCUT2D eigenvalue weighted by molar-refractivity contribution is 0.231. The number of nitrogens with one attached hydrogen (secondary N) is 1. The van der Waals surface area contributed by atoms with E-state index in [0.29, 0.717) is 17.8 Å². The van der Waals surface area contributed by atoms with E-state index in [-0.39, 0.29) is 6.10 Å². The molecule has 0 saturated heterocycles. The molecule has 0 radical (unpaired) electrons. The summed E-state index contributed by atoms with van der Waals surface area (Å²) in [6.45, 7) is 8.46. The van der Waals surface area contributed by atoms with Crippen molar-refractivity contribution in [2.24, 2.45) is 5.92 Å². The van der Waals surface area contributed by atoms with Crippen LogP contribution in [0.3, 0.4) is 0 Å². The third kappa shape index (κ3) is 5.45. The second-order valence-corrected chi connectivity index (χ2v) is 5.33. The average molecular weight is 251 g/mol. The summed E-state index contributed by atoms with van der Waals surface area (Å²) in [4.78, 5) is 8.43. The van der Waals surface area contributed by atoms with Gasteiger partial charge in [0.05, 0.1) is 6.10 Å². The van der Waals surface area contributed by atoms with Gasteiger partial charge in [-0.3, -0.25) is 0 Å². The maximum Gasteiger partial charge on any atom is 0.216 e. The first-order valence-corrected chi connectivity index (χ1v) is 6.66. The number of hydrogen-bond donors (Lipinski definition) is 1. The largest absolute Gasteiger partial charge is 0.475 e. The molecule has 1 aromatic rings. The molecule has 0 amide bonds. The van der Waals surface area contributed by atoms with Crippen LogP contribution in [0.1, 0.15) is 39.8 Å². The van der Waals surface area contributed by atoms with Gasteiger partial charge in [-0.15, -0.1) is 0 Å². The lowest BCUT2D eigenvalue weighted by atomic mass is 10.00. The van der Waals surface area contributed by atoms with E-state index in [4.69, 9.17) is 4.74 Å². The van der Waals surface area contributed by atoms with Gasteiger partial charge in [0.15, 0.2) is 0 Å². The topological polar surface area (TPSA) is 47.0 Å². The van der Waals surface area contributed by atoms with Crippen molar-refractivity contribution in [3.05, 3.63) is 18.1 Å². The average Bonchev–Trinajstić information content (AvgIpc) is 2.27. The first kappa shape index (κ1) is 14.9. The van der Waals surface area contributed by atoms with E-state index in [1.165, 1.54) is 0 Å². The monoisotopic (exact) mass is 251 g/mol. The zero-order chi connectivity index (χ0) is 13.5. The second kappa shape index (κ2) is 7.31. The molecule has 0 aliphatic rings. The van der Waals surface area contributed by atoms with Crippen molar-refractivity contribution in [2.45, 2.75) is 52.7 Å². The Kier molecular flexibility index (Phi) is 6.05. The van der Waals surface area contributed by atoms with Crippen LogP contribution in [0.15, 0.2) is 12.4 Å². The van der Waals surface area contributed by atoms with Gasteiger partial charge in [-0.2, -0.15) is 0 Å². The maximum atomic E-state index is 5.58. The summed E-state index contributed by atoms with van der Waals surface area (Å²) in [5.41, 5.74) is 1.03. The Morgan fingerprint density at radius 1 is 1.22 bits per heavy atom. The smallest absolute Gasteiger partial charge is 0.216 e. The normalized spacial score (nSPS) is 13.1. The van der Waals surface area contributed by atoms with E-state index in [2.05, 4.69) is 29.1 Å². The Labute approximate surface area is 110 Å². The molecule has 4 heteroatoms. The summed E-state index contributed by atoms with van der Waals surface area (Å²) in [6, 6.07) is 2.39. The Bertz CT molecular complexity index is 353. The Morgan fingerprint density at radius 3 is 2.50 bits per heavy atom. The molecule has 4 nitrogen and oxygen atoms in total. The van der Waals surface area contributed by atoms with Crippen LogP contribution < -0.4 is 10.1 Å². The summed E-state index contributed by atoms with van der Waals surface area (Å²) >= 11 is 0. The van der Waals surface area contributed by atoms with Crippen molar-refractivity contribution in [3.8, 4) is 5.88 Å².